The largest absolute Gasteiger partial charge is 0.309 e. The first-order valence-electron chi connectivity index (χ1n) is 30.4. The number of hydrogen-bond donors (Lipinski definition) is 0. The molecule has 0 radical (unpaired) electrons. The fraction of sp³-hybridized carbons (Fsp3) is 0.221. The lowest BCUT2D eigenvalue weighted by Crippen LogP contribution is -2.16. The summed E-state index contributed by atoms with van der Waals surface area (Å²) in [6, 6.07) is 70.1. The molecule has 3 nitrogen and oxygen atoms in total. The molecule has 0 aliphatic carbocycles. The fourth-order valence-corrected chi connectivity index (χ4v) is 12.4. The Balaban J connectivity index is 0.000000178. The van der Waals surface area contributed by atoms with Crippen LogP contribution in [-0.4, -0.2) is 13.7 Å². The smallest absolute Gasteiger partial charge is 0.0632 e. The van der Waals surface area contributed by atoms with E-state index in [0.29, 0.717) is 11.1 Å². The van der Waals surface area contributed by atoms with Crippen molar-refractivity contribution in [2.45, 2.75) is 112 Å². The van der Waals surface area contributed by atoms with Gasteiger partial charge in [-0.3, -0.25) is 0 Å². The summed E-state index contributed by atoms with van der Waals surface area (Å²) in [6.07, 6.45) is 0. The molecule has 0 bridgehead atoms. The van der Waals surface area contributed by atoms with Crippen LogP contribution < -0.4 is 0 Å². The molecule has 3 heteroatoms. The molecule has 0 atom stereocenters. The first kappa shape index (κ1) is 47.6. The third-order valence-corrected chi connectivity index (χ3v) is 16.2. The lowest BCUT2D eigenvalue weighted by molar-refractivity contribution is 0.590. The average molecular weight is 1050 g/mol. The van der Waals surface area contributed by atoms with Gasteiger partial charge in [-0.05, 0) is 152 Å². The van der Waals surface area contributed by atoms with E-state index < -0.39 is 0 Å². The van der Waals surface area contributed by atoms with Crippen LogP contribution in [0.15, 0.2) is 218 Å². The minimum Gasteiger partial charge on any atom is -0.309 e. The average Bonchev–Trinajstić information content (AvgIpc) is 1.85. The van der Waals surface area contributed by atoms with Gasteiger partial charge < -0.3 is 13.7 Å². The summed E-state index contributed by atoms with van der Waals surface area (Å²) >= 11 is 0. The molecule has 398 valence electrons. The first-order chi connectivity index (χ1) is 39.9. The Labute approximate surface area is 479 Å². The van der Waals surface area contributed by atoms with E-state index in [4.69, 9.17) is 5.48 Å². The fourth-order valence-electron chi connectivity index (χ4n) is 12.4. The highest BCUT2D eigenvalue weighted by molar-refractivity contribution is 6.20. The Morgan fingerprint density at radius 1 is 0.350 bits per heavy atom. The number of fused-ring (bicyclic) bond motifs is 9. The van der Waals surface area contributed by atoms with Crippen LogP contribution in [0.3, 0.4) is 0 Å². The van der Waals surface area contributed by atoms with Crippen molar-refractivity contribution in [1.82, 2.24) is 13.7 Å². The molecule has 0 spiro atoms. The van der Waals surface area contributed by atoms with Gasteiger partial charge in [-0.25, -0.2) is 0 Å². The predicted molar refractivity (Wildman–Crippen MR) is 346 cm³/mol. The number of rotatable bonds is 5. The molecule has 3 aromatic heterocycles. The van der Waals surface area contributed by atoms with Crippen molar-refractivity contribution in [2.75, 3.05) is 0 Å². The highest BCUT2D eigenvalue weighted by atomic mass is 15.0. The molecule has 0 saturated heterocycles. The summed E-state index contributed by atoms with van der Waals surface area (Å²) in [6.45, 7) is 29.3. The third-order valence-electron chi connectivity index (χ3n) is 16.2. The van der Waals surface area contributed by atoms with Gasteiger partial charge in [0, 0.05) is 43.7 Å². The van der Waals surface area contributed by atoms with Crippen LogP contribution >= 0.6 is 0 Å². The van der Waals surface area contributed by atoms with Crippen molar-refractivity contribution in [1.29, 1.82) is 0 Å². The minimum atomic E-state index is -0.173. The molecular formula is C77H75N3. The molecule has 0 N–H and O–H groups in total. The molecule has 0 fully saturated rings. The van der Waals surface area contributed by atoms with Crippen molar-refractivity contribution in [3.8, 4) is 39.3 Å². The van der Waals surface area contributed by atoms with Crippen LogP contribution in [0.1, 0.15) is 116 Å². The van der Waals surface area contributed by atoms with Crippen LogP contribution in [0, 0.1) is 6.92 Å². The highest BCUT2D eigenvalue weighted by Gasteiger charge is 2.30. The summed E-state index contributed by atoms with van der Waals surface area (Å²) in [4.78, 5) is 0. The van der Waals surface area contributed by atoms with Gasteiger partial charge in [0.25, 0.3) is 0 Å². The van der Waals surface area contributed by atoms with Crippen molar-refractivity contribution in [2.24, 2.45) is 0 Å². The second-order valence-corrected chi connectivity index (χ2v) is 26.0. The van der Waals surface area contributed by atoms with Crippen molar-refractivity contribution < 1.29 is 5.48 Å². The van der Waals surface area contributed by atoms with Gasteiger partial charge in [0.15, 0.2) is 0 Å². The molecule has 0 aliphatic rings. The van der Waals surface area contributed by atoms with E-state index >= 15 is 0 Å². The van der Waals surface area contributed by atoms with Crippen LogP contribution in [0.4, 0.5) is 0 Å². The van der Waals surface area contributed by atoms with Gasteiger partial charge >= 0.3 is 0 Å². The molecule has 0 unspecified atom stereocenters. The Kier molecular flexibility index (Phi) is 11.6. The molecule has 13 rings (SSSR count). The third kappa shape index (κ3) is 9.02. The van der Waals surface area contributed by atoms with E-state index in [0.717, 1.165) is 33.1 Å². The number of hydrogen-bond acceptors (Lipinski definition) is 0. The van der Waals surface area contributed by atoms with Crippen LogP contribution in [0.2, 0.25) is 0 Å². The Hall–Kier alpha value is -8.40. The van der Waals surface area contributed by atoms with Gasteiger partial charge in [0.1, 0.15) is 0 Å². The SMILES string of the molecule is CC(C)(C)c1ccc2c(c1)c1cc(C(C)(C)C)ccc1n2-c1ccc2c(c1C(C)(C)C)c1c(-c3ccccc3)cccc1n2-c1ccccc1.[2H]c1c([2H])c(C)c([2H])c(-c2cccc3c2c2c(C(C)(C)C)cccc2n3-c2ccccc2)c1[2H]. The monoisotopic (exact) mass is 1050 g/mol. The van der Waals surface area contributed by atoms with Gasteiger partial charge in [-0.1, -0.05) is 228 Å². The molecule has 80 heavy (non-hydrogen) atoms. The highest BCUT2D eigenvalue weighted by Crippen LogP contribution is 2.48. The summed E-state index contributed by atoms with van der Waals surface area (Å²) in [5.41, 5.74) is 19.6. The van der Waals surface area contributed by atoms with Gasteiger partial charge in [-0.15, -0.1) is 0 Å². The first-order valence-corrected chi connectivity index (χ1v) is 28.4. The van der Waals surface area contributed by atoms with Crippen molar-refractivity contribution in [3.63, 3.8) is 0 Å². The van der Waals surface area contributed by atoms with E-state index in [1.165, 1.54) is 88.4 Å². The zero-order chi connectivity index (χ0) is 59.5. The van der Waals surface area contributed by atoms with Gasteiger partial charge in [0.05, 0.1) is 44.3 Å². The van der Waals surface area contributed by atoms with E-state index in [1.807, 2.05) is 30.3 Å². The summed E-state index contributed by atoms with van der Waals surface area (Å²) in [5, 5.41) is 7.33. The van der Waals surface area contributed by atoms with Gasteiger partial charge in [0.2, 0.25) is 0 Å². The van der Waals surface area contributed by atoms with Crippen molar-refractivity contribution in [3.05, 3.63) is 246 Å². The number of nitrogens with zero attached hydrogens (tertiary/aromatic N) is 3. The van der Waals surface area contributed by atoms with E-state index in [-0.39, 0.29) is 45.8 Å². The maximum Gasteiger partial charge on any atom is 0.0632 e. The standard InChI is InChI=1S/C48H48N2.C29H27N/c1-46(2,3)32-23-25-38-36(29-32)37-30-33(47(4,5)6)24-26-39(37)50(38)42-28-27-41-44(45(42)48(7,8)9)43-35(31-17-12-10-13-18-31)21-16-22-40(43)49(41)34-19-14-11-15-20-34;1-20-11-8-12-21(19-20)23-15-9-17-25-27(23)28-24(29(2,3)4)16-10-18-26(28)30(25)22-13-6-5-7-14-22/h10-30H,1-9H3;5-19H,1-4H3/i;8D,11D,12D,19D. The van der Waals surface area contributed by atoms with E-state index in [2.05, 4.69) is 261 Å². The Bertz CT molecular complexity index is 4620. The van der Waals surface area contributed by atoms with Crippen molar-refractivity contribution >= 4 is 65.4 Å². The molecule has 10 aromatic carbocycles. The van der Waals surface area contributed by atoms with E-state index in [9.17, 15) is 0 Å². The van der Waals surface area contributed by atoms with Gasteiger partial charge in [-0.2, -0.15) is 0 Å². The second-order valence-electron chi connectivity index (χ2n) is 26.0. The van der Waals surface area contributed by atoms with E-state index in [1.54, 1.807) is 6.92 Å². The summed E-state index contributed by atoms with van der Waals surface area (Å²) < 4.78 is 41.3. The molecule has 3 heterocycles. The Morgan fingerprint density at radius 2 is 0.800 bits per heavy atom. The van der Waals surface area contributed by atoms with Crippen LogP contribution in [0.25, 0.3) is 105 Å². The number of benzene rings is 10. The van der Waals surface area contributed by atoms with Crippen LogP contribution in [0.5, 0.6) is 0 Å². The molecule has 0 aliphatic heterocycles. The maximum atomic E-state index is 8.81. The molecular weight excluding hydrogens is 967 g/mol. The molecule has 13 aromatic rings. The number of aromatic nitrogens is 3. The lowest BCUT2D eigenvalue weighted by Gasteiger charge is -2.26. The zero-order valence-corrected chi connectivity index (χ0v) is 48.8. The van der Waals surface area contributed by atoms with Crippen LogP contribution in [-0.2, 0) is 21.7 Å². The predicted octanol–water partition coefficient (Wildman–Crippen LogP) is 21.5. The quantitative estimate of drug-likeness (QED) is 0.163. The lowest BCUT2D eigenvalue weighted by atomic mass is 9.81. The summed E-state index contributed by atoms with van der Waals surface area (Å²) in [5.74, 6) is 0. The Morgan fingerprint density at radius 3 is 1.30 bits per heavy atom. The zero-order valence-electron chi connectivity index (χ0n) is 52.8. The topological polar surface area (TPSA) is 14.8 Å². The normalized spacial score (nSPS) is 13.3. The second kappa shape index (κ2) is 19.5. The molecule has 0 saturated carbocycles. The minimum absolute atomic E-state index is 0.0481. The number of para-hydroxylation sites is 2. The maximum absolute atomic E-state index is 8.81. The summed E-state index contributed by atoms with van der Waals surface area (Å²) in [7, 11) is 0. The molecule has 0 amide bonds.